The summed E-state index contributed by atoms with van der Waals surface area (Å²) in [4.78, 5) is 39.6. The fourth-order valence-corrected chi connectivity index (χ4v) is 4.13. The van der Waals surface area contributed by atoms with E-state index in [1.807, 2.05) is 64.9 Å². The lowest BCUT2D eigenvalue weighted by molar-refractivity contribution is -0.134. The van der Waals surface area contributed by atoms with Gasteiger partial charge in [0.05, 0.1) is 11.0 Å². The average molecular weight is 391 g/mol. The molecule has 1 atom stereocenters. The van der Waals surface area contributed by atoms with Crippen LogP contribution in [0.1, 0.15) is 26.2 Å². The Bertz CT molecular complexity index is 1080. The fourth-order valence-electron chi connectivity index (χ4n) is 4.13. The van der Waals surface area contributed by atoms with Crippen LogP contribution in [0.15, 0.2) is 53.3 Å². The lowest BCUT2D eigenvalue weighted by Gasteiger charge is -2.33. The van der Waals surface area contributed by atoms with Crippen molar-refractivity contribution in [3.05, 3.63) is 58.8 Å². The number of nitrogens with one attached hydrogen (secondary N) is 1. The molecule has 3 aromatic rings. The van der Waals surface area contributed by atoms with Gasteiger partial charge in [-0.3, -0.25) is 14.4 Å². The van der Waals surface area contributed by atoms with Crippen molar-refractivity contribution in [1.82, 2.24) is 14.8 Å². The molecular weight excluding hydrogens is 366 g/mol. The summed E-state index contributed by atoms with van der Waals surface area (Å²) in [5.74, 6) is 0.0149. The molecule has 0 radical (unpaired) electrons. The topological polar surface area (TPSA) is 71.4 Å². The van der Waals surface area contributed by atoms with E-state index < -0.39 is 0 Å². The second-order valence-electron chi connectivity index (χ2n) is 7.55. The highest BCUT2D eigenvalue weighted by Gasteiger charge is 2.25. The summed E-state index contributed by atoms with van der Waals surface area (Å²) in [5, 5.41) is 4.24. The number of hydrogen-bond donors (Lipinski definition) is 1. The Morgan fingerprint density at radius 1 is 1.03 bits per heavy atom. The van der Waals surface area contributed by atoms with Gasteiger partial charge in [-0.1, -0.05) is 31.2 Å². The van der Waals surface area contributed by atoms with Crippen LogP contribution >= 0.6 is 0 Å². The van der Waals surface area contributed by atoms with E-state index in [9.17, 15) is 14.4 Å². The highest BCUT2D eigenvalue weighted by Crippen LogP contribution is 2.20. The first-order valence-corrected chi connectivity index (χ1v) is 10.2. The number of benzene rings is 2. The molecule has 1 saturated heterocycles. The maximum Gasteiger partial charge on any atom is 0.242 e. The second kappa shape index (κ2) is 8.07. The number of rotatable bonds is 4. The van der Waals surface area contributed by atoms with Gasteiger partial charge in [0, 0.05) is 36.3 Å². The number of pyridine rings is 1. The SMILES string of the molecule is CCC(=O)NC1CCCN(C(=O)Cn2c3ccccc3c(=O)c3ccccc32)C1. The van der Waals surface area contributed by atoms with Crippen LogP contribution in [0.4, 0.5) is 0 Å². The minimum absolute atomic E-state index is 0.000553. The second-order valence-corrected chi connectivity index (χ2v) is 7.55. The van der Waals surface area contributed by atoms with Crippen LogP contribution in [0.5, 0.6) is 0 Å². The third-order valence-corrected chi connectivity index (χ3v) is 5.63. The molecule has 1 aliphatic rings. The van der Waals surface area contributed by atoms with Crippen molar-refractivity contribution in [2.45, 2.75) is 38.8 Å². The largest absolute Gasteiger partial charge is 0.352 e. The molecule has 0 saturated carbocycles. The van der Waals surface area contributed by atoms with Crippen LogP contribution in [-0.4, -0.2) is 40.4 Å². The predicted molar refractivity (Wildman–Crippen MR) is 114 cm³/mol. The number of aromatic nitrogens is 1. The number of carbonyl (C=O) groups excluding carboxylic acids is 2. The summed E-state index contributed by atoms with van der Waals surface area (Å²) in [6.07, 6.45) is 2.20. The third-order valence-electron chi connectivity index (χ3n) is 5.63. The maximum absolute atomic E-state index is 13.2. The number of hydrogen-bond acceptors (Lipinski definition) is 3. The van der Waals surface area contributed by atoms with Gasteiger partial charge in [0.15, 0.2) is 5.43 Å². The highest BCUT2D eigenvalue weighted by atomic mass is 16.2. The molecular formula is C23H25N3O3. The highest BCUT2D eigenvalue weighted by molar-refractivity contribution is 5.94. The number of carbonyl (C=O) groups is 2. The first kappa shape index (κ1) is 19.2. The Kier molecular flexibility index (Phi) is 5.34. The Labute approximate surface area is 169 Å². The minimum Gasteiger partial charge on any atom is -0.352 e. The molecule has 2 aromatic carbocycles. The molecule has 1 fully saturated rings. The normalized spacial score (nSPS) is 16.9. The van der Waals surface area contributed by atoms with Crippen LogP contribution < -0.4 is 10.7 Å². The smallest absolute Gasteiger partial charge is 0.242 e. The Morgan fingerprint density at radius 2 is 1.66 bits per heavy atom. The summed E-state index contributed by atoms with van der Waals surface area (Å²) < 4.78 is 1.93. The molecule has 0 aliphatic carbocycles. The van der Waals surface area contributed by atoms with Crippen LogP contribution in [0.25, 0.3) is 21.8 Å². The van der Waals surface area contributed by atoms with Gasteiger partial charge in [-0.2, -0.15) is 0 Å². The third kappa shape index (κ3) is 3.75. The van der Waals surface area contributed by atoms with E-state index in [1.54, 1.807) is 0 Å². The van der Waals surface area contributed by atoms with E-state index in [4.69, 9.17) is 0 Å². The minimum atomic E-state index is -0.0137. The van der Waals surface area contributed by atoms with Gasteiger partial charge in [-0.25, -0.2) is 0 Å². The van der Waals surface area contributed by atoms with Crippen molar-refractivity contribution < 1.29 is 9.59 Å². The van der Waals surface area contributed by atoms with Gasteiger partial charge < -0.3 is 14.8 Å². The van der Waals surface area contributed by atoms with E-state index in [0.29, 0.717) is 30.3 Å². The molecule has 6 nitrogen and oxygen atoms in total. The van der Waals surface area contributed by atoms with Crippen LogP contribution in [-0.2, 0) is 16.1 Å². The molecule has 1 unspecified atom stereocenters. The van der Waals surface area contributed by atoms with Gasteiger partial charge in [0.25, 0.3) is 0 Å². The zero-order valence-corrected chi connectivity index (χ0v) is 16.6. The number of para-hydroxylation sites is 2. The molecule has 150 valence electrons. The van der Waals surface area contributed by atoms with Gasteiger partial charge in [-0.05, 0) is 37.1 Å². The number of likely N-dealkylation sites (tertiary alicyclic amines) is 1. The van der Waals surface area contributed by atoms with Crippen LogP contribution in [0.2, 0.25) is 0 Å². The summed E-state index contributed by atoms with van der Waals surface area (Å²) in [6, 6.07) is 14.8. The molecule has 6 heteroatoms. The fraction of sp³-hybridized carbons (Fsp3) is 0.348. The number of piperidine rings is 1. The van der Waals surface area contributed by atoms with Gasteiger partial charge in [-0.15, -0.1) is 0 Å². The van der Waals surface area contributed by atoms with E-state index in [2.05, 4.69) is 5.32 Å². The summed E-state index contributed by atoms with van der Waals surface area (Å²) >= 11 is 0. The Balaban J connectivity index is 1.66. The molecule has 2 heterocycles. The van der Waals surface area contributed by atoms with E-state index >= 15 is 0 Å². The Hall–Kier alpha value is -3.15. The standard InChI is InChI=1S/C23H25N3O3/c1-2-21(27)24-16-8-7-13-25(14-16)22(28)15-26-19-11-5-3-9-17(19)23(29)18-10-4-6-12-20(18)26/h3-6,9-12,16H,2,7-8,13-15H2,1H3,(H,24,27). The van der Waals surface area contributed by atoms with E-state index in [1.165, 1.54) is 0 Å². The molecule has 0 spiro atoms. The van der Waals surface area contributed by atoms with Crippen molar-refractivity contribution in [1.29, 1.82) is 0 Å². The van der Waals surface area contributed by atoms with Crippen molar-refractivity contribution in [3.8, 4) is 0 Å². The first-order valence-electron chi connectivity index (χ1n) is 10.2. The van der Waals surface area contributed by atoms with Crippen molar-refractivity contribution >= 4 is 33.6 Å². The monoisotopic (exact) mass is 391 g/mol. The Morgan fingerprint density at radius 3 is 2.28 bits per heavy atom. The maximum atomic E-state index is 13.2. The lowest BCUT2D eigenvalue weighted by Crippen LogP contribution is -2.50. The molecule has 0 bridgehead atoms. The molecule has 1 aromatic heterocycles. The first-order chi connectivity index (χ1) is 14.1. The average Bonchev–Trinajstić information content (AvgIpc) is 2.76. The molecule has 29 heavy (non-hydrogen) atoms. The molecule has 1 aliphatic heterocycles. The summed E-state index contributed by atoms with van der Waals surface area (Å²) in [7, 11) is 0. The van der Waals surface area contributed by atoms with Crippen molar-refractivity contribution in [3.63, 3.8) is 0 Å². The zero-order valence-electron chi connectivity index (χ0n) is 16.6. The van der Waals surface area contributed by atoms with Gasteiger partial charge >= 0.3 is 0 Å². The summed E-state index contributed by atoms with van der Waals surface area (Å²) in [5.41, 5.74) is 1.51. The van der Waals surface area contributed by atoms with E-state index in [-0.39, 0.29) is 29.8 Å². The zero-order chi connectivity index (χ0) is 20.4. The number of amides is 2. The molecule has 4 rings (SSSR count). The van der Waals surface area contributed by atoms with Crippen molar-refractivity contribution in [2.24, 2.45) is 0 Å². The number of fused-ring (bicyclic) bond motifs is 2. The van der Waals surface area contributed by atoms with Crippen LogP contribution in [0, 0.1) is 0 Å². The van der Waals surface area contributed by atoms with Crippen LogP contribution in [0.3, 0.4) is 0 Å². The quantitative estimate of drug-likeness (QED) is 0.695. The molecule has 2 amide bonds. The predicted octanol–water partition coefficient (Wildman–Crippen LogP) is 2.67. The molecule has 1 N–H and O–H groups in total. The van der Waals surface area contributed by atoms with Crippen molar-refractivity contribution in [2.75, 3.05) is 13.1 Å². The number of nitrogens with zero attached hydrogens (tertiary/aromatic N) is 2. The van der Waals surface area contributed by atoms with E-state index in [0.717, 1.165) is 23.9 Å². The lowest BCUT2D eigenvalue weighted by atomic mass is 10.1. The van der Waals surface area contributed by atoms with Gasteiger partial charge in [0.1, 0.15) is 6.54 Å². The summed E-state index contributed by atoms with van der Waals surface area (Å²) in [6.45, 7) is 3.21. The van der Waals surface area contributed by atoms with Gasteiger partial charge in [0.2, 0.25) is 11.8 Å².